The van der Waals surface area contributed by atoms with Gasteiger partial charge in [-0.2, -0.15) is 0 Å². The molecule has 1 saturated heterocycles. The van der Waals surface area contributed by atoms with Crippen molar-refractivity contribution >= 4 is 27.2 Å². The summed E-state index contributed by atoms with van der Waals surface area (Å²) in [6.07, 6.45) is 7.90. The fourth-order valence-corrected chi connectivity index (χ4v) is 4.85. The van der Waals surface area contributed by atoms with Crippen molar-refractivity contribution in [3.8, 4) is 0 Å². The van der Waals surface area contributed by atoms with Gasteiger partial charge in [0.2, 0.25) is 0 Å². The number of halogens is 1. The Labute approximate surface area is 214 Å². The molecule has 1 fully saturated rings. The van der Waals surface area contributed by atoms with Crippen LogP contribution in [-0.4, -0.2) is 48.8 Å². The van der Waals surface area contributed by atoms with Crippen molar-refractivity contribution in [3.63, 3.8) is 0 Å². The summed E-state index contributed by atoms with van der Waals surface area (Å²) in [6, 6.07) is 18.3. The topological polar surface area (TPSA) is 26.7 Å². The van der Waals surface area contributed by atoms with E-state index < -0.39 is 0 Å². The van der Waals surface area contributed by atoms with E-state index in [4.69, 9.17) is 0 Å². The number of allylic oxidation sites excluding steroid dienone is 5. The largest absolute Gasteiger partial charge is 0.396 e. The fourth-order valence-electron chi connectivity index (χ4n) is 4.58. The van der Waals surface area contributed by atoms with Gasteiger partial charge in [0.25, 0.3) is 0 Å². The minimum atomic E-state index is 0.190. The minimum absolute atomic E-state index is 0.190. The Kier molecular flexibility index (Phi) is 10.2. The van der Waals surface area contributed by atoms with Crippen LogP contribution in [-0.2, 0) is 0 Å². The molecule has 0 aromatic heterocycles. The van der Waals surface area contributed by atoms with Gasteiger partial charge in [-0.25, -0.2) is 0 Å². The molecule has 34 heavy (non-hydrogen) atoms. The molecule has 3 rings (SSSR count). The van der Waals surface area contributed by atoms with E-state index in [0.717, 1.165) is 43.5 Å². The zero-order valence-electron chi connectivity index (χ0n) is 21.1. The Morgan fingerprint density at radius 1 is 0.971 bits per heavy atom. The van der Waals surface area contributed by atoms with Gasteiger partial charge in [0, 0.05) is 49.0 Å². The quantitative estimate of drug-likeness (QED) is 0.356. The first-order valence-corrected chi connectivity index (χ1v) is 13.2. The van der Waals surface area contributed by atoms with E-state index in [0.29, 0.717) is 6.04 Å². The molecule has 3 nitrogen and oxygen atoms in total. The van der Waals surface area contributed by atoms with Crippen LogP contribution < -0.4 is 4.90 Å². The second-order valence-electron chi connectivity index (χ2n) is 9.23. The number of hydrogen-bond donors (Lipinski definition) is 1. The molecule has 2 aromatic carbocycles. The van der Waals surface area contributed by atoms with Gasteiger partial charge < -0.3 is 10.0 Å². The summed E-state index contributed by atoms with van der Waals surface area (Å²) in [5.41, 5.74) is 7.47. The van der Waals surface area contributed by atoms with Gasteiger partial charge in [0.15, 0.2) is 0 Å². The van der Waals surface area contributed by atoms with E-state index in [-0.39, 0.29) is 6.61 Å². The molecule has 0 aliphatic carbocycles. The summed E-state index contributed by atoms with van der Waals surface area (Å²) in [5, 5.41) is 9.59. The van der Waals surface area contributed by atoms with Crippen molar-refractivity contribution < 1.29 is 5.11 Å². The Balaban J connectivity index is 2.01. The maximum atomic E-state index is 9.59. The molecule has 0 spiro atoms. The number of aliphatic hydroxyl groups is 1. The number of rotatable bonds is 9. The maximum Gasteiger partial charge on any atom is 0.0434 e. The molecule has 182 valence electrons. The lowest BCUT2D eigenvalue weighted by Crippen LogP contribution is -2.48. The van der Waals surface area contributed by atoms with E-state index in [1.807, 2.05) is 6.92 Å². The number of aliphatic hydroxyl groups excluding tert-OH is 1. The number of nitrogens with zero attached hydrogens (tertiary/aromatic N) is 2. The molecule has 0 radical (unpaired) electrons. The zero-order chi connectivity index (χ0) is 24.5. The normalized spacial score (nSPS) is 16.4. The summed E-state index contributed by atoms with van der Waals surface area (Å²) in [6.45, 7) is 13.3. The fraction of sp³-hybridized carbons (Fsp3) is 0.400. The van der Waals surface area contributed by atoms with E-state index >= 15 is 0 Å². The highest BCUT2D eigenvalue weighted by Gasteiger charge is 2.20. The van der Waals surface area contributed by atoms with E-state index in [1.165, 1.54) is 33.5 Å². The summed E-state index contributed by atoms with van der Waals surface area (Å²) >= 11 is 3.58. The number of hydrogen-bond acceptors (Lipinski definition) is 3. The highest BCUT2D eigenvalue weighted by molar-refractivity contribution is 9.10. The predicted octanol–water partition coefficient (Wildman–Crippen LogP) is 7.08. The third-order valence-corrected chi connectivity index (χ3v) is 7.13. The van der Waals surface area contributed by atoms with Crippen LogP contribution in [0.15, 0.2) is 82.4 Å². The third-order valence-electron chi connectivity index (χ3n) is 6.60. The minimum Gasteiger partial charge on any atom is -0.396 e. The number of piperazine rings is 1. The van der Waals surface area contributed by atoms with Crippen molar-refractivity contribution in [2.45, 2.75) is 46.6 Å². The maximum absolute atomic E-state index is 9.59. The summed E-state index contributed by atoms with van der Waals surface area (Å²) in [7, 11) is 0. The molecule has 4 heteroatoms. The molecule has 0 atom stereocenters. The molecule has 0 amide bonds. The molecule has 0 unspecified atom stereocenters. The SMILES string of the molecule is C\C=C/C=C(C)/C(CCCO)=C(/c1ccc(Br)cc1)c1ccc(N2CCN(C(C)C)CC2)cc1. The number of anilines is 1. The molecule has 1 heterocycles. The highest BCUT2D eigenvalue weighted by Crippen LogP contribution is 2.34. The van der Waals surface area contributed by atoms with Gasteiger partial charge in [-0.15, -0.1) is 0 Å². The van der Waals surface area contributed by atoms with Crippen molar-refractivity contribution in [2.75, 3.05) is 37.7 Å². The summed E-state index contributed by atoms with van der Waals surface area (Å²) in [5.74, 6) is 0. The molecule has 0 bridgehead atoms. The summed E-state index contributed by atoms with van der Waals surface area (Å²) < 4.78 is 1.07. The Morgan fingerprint density at radius 3 is 2.09 bits per heavy atom. The van der Waals surface area contributed by atoms with Gasteiger partial charge in [-0.3, -0.25) is 4.90 Å². The zero-order valence-corrected chi connectivity index (χ0v) is 22.7. The average molecular weight is 524 g/mol. The molecular weight excluding hydrogens is 484 g/mol. The van der Waals surface area contributed by atoms with Crippen LogP contribution in [0.1, 0.15) is 51.7 Å². The second-order valence-corrected chi connectivity index (χ2v) is 10.1. The molecule has 0 saturated carbocycles. The lowest BCUT2D eigenvalue weighted by Gasteiger charge is -2.38. The van der Waals surface area contributed by atoms with E-state index in [2.05, 4.69) is 113 Å². The van der Waals surface area contributed by atoms with Gasteiger partial charge in [0.05, 0.1) is 0 Å². The van der Waals surface area contributed by atoms with Crippen molar-refractivity contribution in [3.05, 3.63) is 93.5 Å². The molecule has 1 aliphatic heterocycles. The van der Waals surface area contributed by atoms with Gasteiger partial charge in [-0.1, -0.05) is 58.4 Å². The Hall–Kier alpha value is -2.14. The van der Waals surface area contributed by atoms with Gasteiger partial charge in [0.1, 0.15) is 0 Å². The first-order valence-electron chi connectivity index (χ1n) is 12.4. The van der Waals surface area contributed by atoms with Crippen LogP contribution in [0.4, 0.5) is 5.69 Å². The van der Waals surface area contributed by atoms with Crippen LogP contribution in [0.3, 0.4) is 0 Å². The third kappa shape index (κ3) is 6.94. The van der Waals surface area contributed by atoms with Crippen molar-refractivity contribution in [2.24, 2.45) is 0 Å². The Bertz CT molecular complexity index is 995. The lowest BCUT2D eigenvalue weighted by atomic mass is 9.87. The van der Waals surface area contributed by atoms with Gasteiger partial charge in [-0.05, 0) is 92.6 Å². The highest BCUT2D eigenvalue weighted by atomic mass is 79.9. The average Bonchev–Trinajstić information content (AvgIpc) is 2.86. The standard InChI is InChI=1S/C30H39BrN2O/c1-5-6-8-24(4)29(9-7-22-34)30(25-10-14-27(31)15-11-25)26-12-16-28(17-13-26)33-20-18-32(19-21-33)23(2)3/h5-6,8,10-17,23,34H,7,9,18-22H2,1-4H3/b6-5-,24-8+,30-29-. The van der Waals surface area contributed by atoms with E-state index in [9.17, 15) is 5.11 Å². The molecular formula is C30H39BrN2O. The predicted molar refractivity (Wildman–Crippen MR) is 150 cm³/mol. The monoisotopic (exact) mass is 522 g/mol. The lowest BCUT2D eigenvalue weighted by molar-refractivity contribution is 0.209. The van der Waals surface area contributed by atoms with Gasteiger partial charge >= 0.3 is 0 Å². The molecule has 2 aromatic rings. The van der Waals surface area contributed by atoms with Crippen molar-refractivity contribution in [1.29, 1.82) is 0 Å². The smallest absolute Gasteiger partial charge is 0.0434 e. The first-order chi connectivity index (χ1) is 16.4. The number of benzene rings is 2. The van der Waals surface area contributed by atoms with Crippen LogP contribution in [0.2, 0.25) is 0 Å². The first kappa shape index (κ1) is 26.5. The van der Waals surface area contributed by atoms with Crippen LogP contribution in [0.5, 0.6) is 0 Å². The molecule has 1 N–H and O–H groups in total. The molecule has 1 aliphatic rings. The van der Waals surface area contributed by atoms with Crippen LogP contribution in [0.25, 0.3) is 5.57 Å². The van der Waals surface area contributed by atoms with Crippen molar-refractivity contribution in [1.82, 2.24) is 4.90 Å². The Morgan fingerprint density at radius 2 is 1.56 bits per heavy atom. The van der Waals surface area contributed by atoms with E-state index in [1.54, 1.807) is 0 Å². The second kappa shape index (κ2) is 13.1. The van der Waals surface area contributed by atoms with Crippen LogP contribution >= 0.6 is 15.9 Å². The van der Waals surface area contributed by atoms with Crippen LogP contribution in [0, 0.1) is 0 Å². The summed E-state index contributed by atoms with van der Waals surface area (Å²) in [4.78, 5) is 5.04.